The first-order valence-electron chi connectivity index (χ1n) is 10.3. The molecule has 0 aromatic heterocycles. The molecule has 1 saturated carbocycles. The Balaban J connectivity index is 2.76. The third kappa shape index (κ3) is 8.93. The van der Waals surface area contributed by atoms with Crippen LogP contribution in [0.2, 0.25) is 18.1 Å². The Morgan fingerprint density at radius 1 is 0.833 bits per heavy atom. The number of rotatable bonds is 13. The number of unbranched alkanes of at least 4 members (excludes halogenated alkanes) is 3. The van der Waals surface area contributed by atoms with Gasteiger partial charge in [0.15, 0.2) is 0 Å². The minimum atomic E-state index is -4.58. The van der Waals surface area contributed by atoms with Crippen LogP contribution in [0.5, 0.6) is 0 Å². The van der Waals surface area contributed by atoms with Crippen molar-refractivity contribution in [2.45, 2.75) is 116 Å². The maximum atomic E-state index is 10.6. The first kappa shape index (κ1) is 22.8. The van der Waals surface area contributed by atoms with Crippen molar-refractivity contribution in [1.82, 2.24) is 0 Å². The molecule has 1 fully saturated rings. The third-order valence-electron chi connectivity index (χ3n) is 5.18. The second-order valence-electron chi connectivity index (χ2n) is 7.52. The van der Waals surface area contributed by atoms with Crippen molar-refractivity contribution < 1.29 is 31.8 Å². The molecule has 1 rings (SSSR count). The first-order valence-corrected chi connectivity index (χ1v) is 15.5. The SMILES string of the molecule is CCCC[Si](CCCC)(CCCC)[O][Ti]([OH])([OH])[O]C1CCCCC1. The van der Waals surface area contributed by atoms with Gasteiger partial charge in [-0.15, -0.1) is 0 Å². The molecule has 2 N–H and O–H groups in total. The molecule has 0 aliphatic heterocycles. The fourth-order valence-corrected chi connectivity index (χ4v) is 13.7. The van der Waals surface area contributed by atoms with Crippen molar-refractivity contribution in [2.24, 2.45) is 0 Å². The molecular weight excluding hydrogens is 356 g/mol. The molecule has 0 radical (unpaired) electrons. The van der Waals surface area contributed by atoms with Crippen molar-refractivity contribution in [2.75, 3.05) is 0 Å². The summed E-state index contributed by atoms with van der Waals surface area (Å²) in [5, 5.41) is 0. The van der Waals surface area contributed by atoms with E-state index in [1.807, 2.05) is 0 Å². The third-order valence-corrected chi connectivity index (χ3v) is 13.9. The standard InChI is InChI=1S/C12H27OSi.C6H11O.2H2O.Ti/c1-4-7-10-14(13,11-8-5-2)12-9-6-3;7-6-4-2-1-3-5-6;;;/h4-12H2,1-3H3;6H,1-5H2;2*1H2;/q2*-1;;;+4/p-2. The van der Waals surface area contributed by atoms with E-state index in [9.17, 15) is 7.38 Å². The van der Waals surface area contributed by atoms with E-state index in [-0.39, 0.29) is 6.10 Å². The molecule has 4 nitrogen and oxygen atoms in total. The normalized spacial score (nSPS) is 17.4. The van der Waals surface area contributed by atoms with Crippen LogP contribution in [0.3, 0.4) is 0 Å². The van der Waals surface area contributed by atoms with E-state index < -0.39 is 26.5 Å². The Morgan fingerprint density at radius 2 is 1.29 bits per heavy atom. The molecular formula is C18H40O4SiTi. The van der Waals surface area contributed by atoms with Crippen LogP contribution < -0.4 is 0 Å². The van der Waals surface area contributed by atoms with E-state index >= 15 is 0 Å². The Labute approximate surface area is 155 Å². The first-order chi connectivity index (χ1) is 11.5. The van der Waals surface area contributed by atoms with Crippen molar-refractivity contribution in [1.29, 1.82) is 0 Å². The molecule has 6 heteroatoms. The molecule has 1 aliphatic carbocycles. The van der Waals surface area contributed by atoms with Gasteiger partial charge in [0.25, 0.3) is 0 Å². The molecule has 0 bridgehead atoms. The van der Waals surface area contributed by atoms with Crippen LogP contribution in [0, 0.1) is 0 Å². The van der Waals surface area contributed by atoms with E-state index in [0.717, 1.165) is 82.3 Å². The van der Waals surface area contributed by atoms with E-state index in [0.29, 0.717) is 0 Å². The Morgan fingerprint density at radius 3 is 1.71 bits per heavy atom. The summed E-state index contributed by atoms with van der Waals surface area (Å²) in [5.41, 5.74) is 0. The second-order valence-corrected chi connectivity index (χ2v) is 14.6. The van der Waals surface area contributed by atoms with Crippen molar-refractivity contribution >= 4 is 8.32 Å². The van der Waals surface area contributed by atoms with Gasteiger partial charge in [0.1, 0.15) is 0 Å². The van der Waals surface area contributed by atoms with E-state index in [2.05, 4.69) is 20.8 Å². The van der Waals surface area contributed by atoms with Gasteiger partial charge in [-0.05, 0) is 0 Å². The van der Waals surface area contributed by atoms with Gasteiger partial charge in [0, 0.05) is 0 Å². The Hall–Kier alpha value is 0.771. The molecule has 0 spiro atoms. The van der Waals surface area contributed by atoms with Gasteiger partial charge in [-0.1, -0.05) is 0 Å². The summed E-state index contributed by atoms with van der Waals surface area (Å²) in [7, 11) is -2.12. The van der Waals surface area contributed by atoms with Gasteiger partial charge < -0.3 is 0 Å². The van der Waals surface area contributed by atoms with Crippen LogP contribution in [0.1, 0.15) is 91.4 Å². The average molecular weight is 396 g/mol. The molecule has 0 heterocycles. The predicted octanol–water partition coefficient (Wildman–Crippen LogP) is 5.50. The van der Waals surface area contributed by atoms with Gasteiger partial charge in [0.05, 0.1) is 0 Å². The molecule has 1 aliphatic rings. The number of hydrogen-bond acceptors (Lipinski definition) is 4. The molecule has 0 atom stereocenters. The summed E-state index contributed by atoms with van der Waals surface area (Å²) in [6.45, 7) is 6.59. The summed E-state index contributed by atoms with van der Waals surface area (Å²) >= 11 is -4.58. The second kappa shape index (κ2) is 12.2. The molecule has 0 amide bonds. The summed E-state index contributed by atoms with van der Waals surface area (Å²) in [4.78, 5) is 0. The van der Waals surface area contributed by atoms with Crippen molar-refractivity contribution in [3.05, 3.63) is 0 Å². The molecule has 0 saturated heterocycles. The Bertz CT molecular complexity index is 300. The predicted molar refractivity (Wildman–Crippen MR) is 98.4 cm³/mol. The molecule has 0 aromatic carbocycles. The monoisotopic (exact) mass is 396 g/mol. The van der Waals surface area contributed by atoms with E-state index in [4.69, 9.17) is 6.33 Å². The molecule has 0 unspecified atom stereocenters. The number of hydrogen-bond donors (Lipinski definition) is 2. The summed E-state index contributed by atoms with van der Waals surface area (Å²) in [5.74, 6) is 0. The van der Waals surface area contributed by atoms with Crippen LogP contribution in [0.4, 0.5) is 0 Å². The van der Waals surface area contributed by atoms with Crippen LogP contribution in [0.25, 0.3) is 0 Å². The van der Waals surface area contributed by atoms with Crippen LogP contribution in [0.15, 0.2) is 0 Å². The van der Waals surface area contributed by atoms with Crippen LogP contribution in [-0.4, -0.2) is 21.8 Å². The molecule has 0 aromatic rings. The minimum absolute atomic E-state index is 0.00368. The fourth-order valence-electron chi connectivity index (χ4n) is 3.73. The maximum absolute atomic E-state index is 10.6. The zero-order chi connectivity index (χ0) is 17.9. The summed E-state index contributed by atoms with van der Waals surface area (Å²) in [6.07, 6.45) is 12.2. The summed E-state index contributed by atoms with van der Waals surface area (Å²) < 4.78 is 33.3. The van der Waals surface area contributed by atoms with Gasteiger partial charge in [-0.25, -0.2) is 0 Å². The average Bonchev–Trinajstić information content (AvgIpc) is 2.56. The quantitative estimate of drug-likeness (QED) is 0.404. The van der Waals surface area contributed by atoms with Gasteiger partial charge in [-0.2, -0.15) is 0 Å². The Kier molecular flexibility index (Phi) is 11.6. The topological polar surface area (TPSA) is 58.9 Å². The van der Waals surface area contributed by atoms with Crippen molar-refractivity contribution in [3.63, 3.8) is 0 Å². The van der Waals surface area contributed by atoms with Crippen LogP contribution >= 0.6 is 0 Å². The van der Waals surface area contributed by atoms with Crippen molar-refractivity contribution in [3.8, 4) is 0 Å². The fraction of sp³-hybridized carbons (Fsp3) is 1.00. The van der Waals surface area contributed by atoms with E-state index in [1.165, 1.54) is 6.42 Å². The zero-order valence-electron chi connectivity index (χ0n) is 16.2. The van der Waals surface area contributed by atoms with Gasteiger partial charge >= 0.3 is 156 Å². The molecule has 24 heavy (non-hydrogen) atoms. The molecule has 144 valence electrons. The zero-order valence-corrected chi connectivity index (χ0v) is 18.7. The van der Waals surface area contributed by atoms with Crippen LogP contribution in [-0.2, 0) is 24.5 Å². The van der Waals surface area contributed by atoms with Gasteiger partial charge in [0.2, 0.25) is 0 Å². The van der Waals surface area contributed by atoms with Gasteiger partial charge in [-0.3, -0.25) is 0 Å². The summed E-state index contributed by atoms with van der Waals surface area (Å²) in [6, 6.07) is 3.14. The van der Waals surface area contributed by atoms with E-state index in [1.54, 1.807) is 0 Å².